The summed E-state index contributed by atoms with van der Waals surface area (Å²) >= 11 is 0. The Balaban J connectivity index is 2.68. The molecule has 4 heteroatoms. The minimum Gasteiger partial charge on any atom is -0.358 e. The van der Waals surface area contributed by atoms with E-state index in [-0.39, 0.29) is 17.7 Å². The molecule has 2 unspecified atom stereocenters. The number of hydrogen-bond donors (Lipinski definition) is 2. The first-order valence-corrected chi connectivity index (χ1v) is 3.66. The lowest BCUT2D eigenvalue weighted by Gasteiger charge is -2.08. The van der Waals surface area contributed by atoms with E-state index in [0.29, 0.717) is 6.54 Å². The normalized spacial score (nSPS) is 29.8. The summed E-state index contributed by atoms with van der Waals surface area (Å²) in [6.07, 6.45) is 0. The van der Waals surface area contributed by atoms with Crippen molar-refractivity contribution in [2.45, 2.75) is 6.92 Å². The van der Waals surface area contributed by atoms with Gasteiger partial charge in [0.05, 0.1) is 0 Å². The zero-order chi connectivity index (χ0) is 8.43. The summed E-state index contributed by atoms with van der Waals surface area (Å²) in [7, 11) is 1.54. The molecule has 11 heavy (non-hydrogen) atoms. The largest absolute Gasteiger partial charge is 0.358 e. The molecule has 1 heterocycles. The number of nitrogens with one attached hydrogen (secondary N) is 2. The van der Waals surface area contributed by atoms with E-state index in [0.717, 1.165) is 0 Å². The number of rotatable bonds is 1. The van der Waals surface area contributed by atoms with Crippen LogP contribution in [0.2, 0.25) is 0 Å². The fourth-order valence-corrected chi connectivity index (χ4v) is 1.28. The molecular weight excluding hydrogens is 144 g/mol. The van der Waals surface area contributed by atoms with Gasteiger partial charge in [0.2, 0.25) is 11.8 Å². The Bertz CT molecular complexity index is 191. The number of amides is 2. The van der Waals surface area contributed by atoms with Crippen LogP contribution < -0.4 is 10.6 Å². The number of hydrogen-bond acceptors (Lipinski definition) is 2. The van der Waals surface area contributed by atoms with Crippen LogP contribution in [-0.2, 0) is 9.59 Å². The first-order valence-electron chi connectivity index (χ1n) is 3.66. The van der Waals surface area contributed by atoms with Crippen molar-refractivity contribution in [2.75, 3.05) is 13.6 Å². The second-order valence-corrected chi connectivity index (χ2v) is 2.81. The topological polar surface area (TPSA) is 58.2 Å². The average Bonchev–Trinajstić information content (AvgIpc) is 2.30. The highest BCUT2D eigenvalue weighted by molar-refractivity contribution is 6.01. The molecule has 0 aromatic rings. The third kappa shape index (κ3) is 1.34. The smallest absolute Gasteiger partial charge is 0.232 e. The average molecular weight is 156 g/mol. The van der Waals surface area contributed by atoms with Gasteiger partial charge < -0.3 is 10.6 Å². The van der Waals surface area contributed by atoms with E-state index >= 15 is 0 Å². The predicted molar refractivity (Wildman–Crippen MR) is 39.7 cm³/mol. The van der Waals surface area contributed by atoms with Crippen molar-refractivity contribution in [3.8, 4) is 0 Å². The maximum absolute atomic E-state index is 11.1. The second-order valence-electron chi connectivity index (χ2n) is 2.81. The molecule has 0 aliphatic carbocycles. The quantitative estimate of drug-likeness (QED) is 0.484. The van der Waals surface area contributed by atoms with Crippen molar-refractivity contribution in [1.82, 2.24) is 10.6 Å². The zero-order valence-corrected chi connectivity index (χ0v) is 6.68. The van der Waals surface area contributed by atoms with E-state index in [9.17, 15) is 9.59 Å². The van der Waals surface area contributed by atoms with E-state index in [1.165, 1.54) is 0 Å². The third-order valence-electron chi connectivity index (χ3n) is 1.98. The summed E-state index contributed by atoms with van der Waals surface area (Å²) in [4.78, 5) is 22.1. The maximum Gasteiger partial charge on any atom is 0.232 e. The van der Waals surface area contributed by atoms with Crippen LogP contribution in [0.3, 0.4) is 0 Å². The van der Waals surface area contributed by atoms with E-state index in [1.54, 1.807) is 7.05 Å². The first-order chi connectivity index (χ1) is 5.16. The minimum absolute atomic E-state index is 0.113. The summed E-state index contributed by atoms with van der Waals surface area (Å²) in [6, 6.07) is 0. The van der Waals surface area contributed by atoms with Crippen LogP contribution >= 0.6 is 0 Å². The lowest BCUT2D eigenvalue weighted by atomic mass is 9.97. The lowest BCUT2D eigenvalue weighted by molar-refractivity contribution is -0.133. The lowest BCUT2D eigenvalue weighted by Crippen LogP contribution is -2.34. The molecule has 2 N–H and O–H groups in total. The SMILES string of the molecule is CNC(=O)C1C(=O)NCC1C. The molecule has 1 aliphatic heterocycles. The Hall–Kier alpha value is -1.06. The zero-order valence-electron chi connectivity index (χ0n) is 6.68. The van der Waals surface area contributed by atoms with Crippen LogP contribution in [0, 0.1) is 11.8 Å². The summed E-state index contributed by atoms with van der Waals surface area (Å²) < 4.78 is 0. The third-order valence-corrected chi connectivity index (χ3v) is 1.98. The second kappa shape index (κ2) is 2.90. The fourth-order valence-electron chi connectivity index (χ4n) is 1.28. The van der Waals surface area contributed by atoms with Gasteiger partial charge in [-0.05, 0) is 5.92 Å². The van der Waals surface area contributed by atoms with Crippen LogP contribution in [0.4, 0.5) is 0 Å². The van der Waals surface area contributed by atoms with Crippen LogP contribution in [0.5, 0.6) is 0 Å². The van der Waals surface area contributed by atoms with Crippen molar-refractivity contribution in [2.24, 2.45) is 11.8 Å². The van der Waals surface area contributed by atoms with Crippen molar-refractivity contribution in [3.63, 3.8) is 0 Å². The molecule has 4 nitrogen and oxygen atoms in total. The Labute approximate surface area is 65.3 Å². The van der Waals surface area contributed by atoms with E-state index < -0.39 is 5.92 Å². The molecule has 2 amide bonds. The standard InChI is InChI=1S/C7H12N2O2/c1-4-3-9-7(11)5(4)6(10)8-2/h4-5H,3H2,1-2H3,(H,8,10)(H,9,11). The molecule has 1 rings (SSSR count). The highest BCUT2D eigenvalue weighted by atomic mass is 16.2. The van der Waals surface area contributed by atoms with Crippen LogP contribution in [0.1, 0.15) is 6.92 Å². The van der Waals surface area contributed by atoms with Gasteiger partial charge in [-0.1, -0.05) is 6.92 Å². The van der Waals surface area contributed by atoms with Crippen LogP contribution in [-0.4, -0.2) is 25.4 Å². The summed E-state index contributed by atoms with van der Waals surface area (Å²) in [6.45, 7) is 2.49. The minimum atomic E-state index is -0.486. The van der Waals surface area contributed by atoms with Crippen LogP contribution in [0.25, 0.3) is 0 Å². The van der Waals surface area contributed by atoms with E-state index in [1.807, 2.05) is 6.92 Å². The van der Waals surface area contributed by atoms with Gasteiger partial charge in [-0.2, -0.15) is 0 Å². The van der Waals surface area contributed by atoms with Gasteiger partial charge >= 0.3 is 0 Å². The van der Waals surface area contributed by atoms with Gasteiger partial charge in [-0.25, -0.2) is 0 Å². The predicted octanol–water partition coefficient (Wildman–Crippen LogP) is -0.886. The van der Waals surface area contributed by atoms with E-state index in [4.69, 9.17) is 0 Å². The van der Waals surface area contributed by atoms with Gasteiger partial charge in [0.15, 0.2) is 0 Å². The maximum atomic E-state index is 11.1. The highest BCUT2D eigenvalue weighted by Crippen LogP contribution is 2.16. The fraction of sp³-hybridized carbons (Fsp3) is 0.714. The van der Waals surface area contributed by atoms with Crippen molar-refractivity contribution in [1.29, 1.82) is 0 Å². The molecule has 0 bridgehead atoms. The summed E-state index contributed by atoms with van der Waals surface area (Å²) in [5, 5.41) is 5.10. The monoisotopic (exact) mass is 156 g/mol. The Morgan fingerprint density at radius 2 is 2.36 bits per heavy atom. The van der Waals surface area contributed by atoms with Gasteiger partial charge in [-0.15, -0.1) is 0 Å². The molecule has 1 aliphatic rings. The van der Waals surface area contributed by atoms with Crippen molar-refractivity contribution in [3.05, 3.63) is 0 Å². The molecule has 0 spiro atoms. The van der Waals surface area contributed by atoms with Crippen LogP contribution in [0.15, 0.2) is 0 Å². The van der Waals surface area contributed by atoms with Gasteiger partial charge in [0, 0.05) is 13.6 Å². The molecule has 2 atom stereocenters. The molecule has 0 aromatic carbocycles. The van der Waals surface area contributed by atoms with Gasteiger partial charge in [0.1, 0.15) is 5.92 Å². The molecular formula is C7H12N2O2. The van der Waals surface area contributed by atoms with E-state index in [2.05, 4.69) is 10.6 Å². The Morgan fingerprint density at radius 3 is 2.73 bits per heavy atom. The van der Waals surface area contributed by atoms with Crippen molar-refractivity contribution < 1.29 is 9.59 Å². The molecule has 0 saturated carbocycles. The Morgan fingerprint density at radius 1 is 1.73 bits per heavy atom. The molecule has 0 radical (unpaired) electrons. The van der Waals surface area contributed by atoms with Crippen molar-refractivity contribution >= 4 is 11.8 Å². The first kappa shape index (κ1) is 8.04. The Kier molecular flexibility index (Phi) is 2.12. The summed E-state index contributed by atoms with van der Waals surface area (Å²) in [5.41, 5.74) is 0. The summed E-state index contributed by atoms with van der Waals surface area (Å²) in [5.74, 6) is -0.716. The number of carbonyl (C=O) groups is 2. The number of carbonyl (C=O) groups excluding carboxylic acids is 2. The molecule has 62 valence electrons. The van der Waals surface area contributed by atoms with Gasteiger partial charge in [-0.3, -0.25) is 9.59 Å². The molecule has 0 aromatic heterocycles. The molecule has 1 fully saturated rings. The molecule has 1 saturated heterocycles. The highest BCUT2D eigenvalue weighted by Gasteiger charge is 2.36. The van der Waals surface area contributed by atoms with Gasteiger partial charge in [0.25, 0.3) is 0 Å².